The number of pyridine rings is 1. The van der Waals surface area contributed by atoms with Gasteiger partial charge in [0.25, 0.3) is 0 Å². The predicted molar refractivity (Wildman–Crippen MR) is 90.9 cm³/mol. The molecule has 0 saturated heterocycles. The molecule has 0 fully saturated rings. The fraction of sp³-hybridized carbons (Fsp3) is 0.125. The molecule has 0 saturated carbocycles. The molecule has 3 aromatic heterocycles. The zero-order chi connectivity index (χ0) is 17.4. The van der Waals surface area contributed by atoms with Crippen LogP contribution < -0.4 is 10.5 Å². The summed E-state index contributed by atoms with van der Waals surface area (Å²) in [7, 11) is -3.71. The molecule has 0 spiro atoms. The number of aromatic nitrogens is 3. The first-order chi connectivity index (χ1) is 12.0. The van der Waals surface area contributed by atoms with E-state index in [1.54, 1.807) is 6.20 Å². The average Bonchev–Trinajstić information content (AvgIpc) is 3.16. The molecule has 4 rings (SSSR count). The molecule has 3 heterocycles. The highest BCUT2D eigenvalue weighted by atomic mass is 32.2. The standard InChI is InChI=1S/C16H14N4O4S/c21-16-19-13-5-4-12(9-14(13)24-16)25(22,23)18-7-6-15-17-10-11-3-1-2-8-20(11)15/h1-5,8-10,18H,6-7H2,(H,19,21). The summed E-state index contributed by atoms with van der Waals surface area (Å²) in [6, 6.07) is 9.97. The van der Waals surface area contributed by atoms with Crippen molar-refractivity contribution in [2.75, 3.05) is 6.54 Å². The number of imidazole rings is 1. The van der Waals surface area contributed by atoms with Crippen molar-refractivity contribution in [3.8, 4) is 0 Å². The first-order valence-corrected chi connectivity index (χ1v) is 9.05. The Morgan fingerprint density at radius 1 is 1.24 bits per heavy atom. The summed E-state index contributed by atoms with van der Waals surface area (Å²) in [6.45, 7) is 0.200. The first kappa shape index (κ1) is 15.6. The molecule has 0 aliphatic carbocycles. The van der Waals surface area contributed by atoms with Crippen molar-refractivity contribution in [2.45, 2.75) is 11.3 Å². The Labute approximate surface area is 142 Å². The van der Waals surface area contributed by atoms with Gasteiger partial charge < -0.3 is 8.82 Å². The van der Waals surface area contributed by atoms with Crippen molar-refractivity contribution in [3.63, 3.8) is 0 Å². The van der Waals surface area contributed by atoms with Crippen molar-refractivity contribution in [2.24, 2.45) is 0 Å². The maximum absolute atomic E-state index is 12.4. The molecular formula is C16H14N4O4S. The highest BCUT2D eigenvalue weighted by Crippen LogP contribution is 2.16. The molecule has 1 aromatic carbocycles. The van der Waals surface area contributed by atoms with E-state index in [0.717, 1.165) is 11.3 Å². The van der Waals surface area contributed by atoms with Crippen LogP contribution in [0.15, 0.2) is 62.9 Å². The van der Waals surface area contributed by atoms with Crippen LogP contribution in [0.2, 0.25) is 0 Å². The summed E-state index contributed by atoms with van der Waals surface area (Å²) < 4.78 is 34.2. The third-order valence-corrected chi connectivity index (χ3v) is 5.32. The number of sulfonamides is 1. The number of H-pyrrole nitrogens is 1. The van der Waals surface area contributed by atoms with Crippen LogP contribution in [0.4, 0.5) is 0 Å². The van der Waals surface area contributed by atoms with E-state index in [-0.39, 0.29) is 17.0 Å². The van der Waals surface area contributed by atoms with E-state index < -0.39 is 15.8 Å². The molecule has 0 aliphatic heterocycles. The molecule has 4 aromatic rings. The van der Waals surface area contributed by atoms with E-state index in [4.69, 9.17) is 4.42 Å². The maximum atomic E-state index is 12.4. The summed E-state index contributed by atoms with van der Waals surface area (Å²) >= 11 is 0. The SMILES string of the molecule is O=c1[nH]c2ccc(S(=O)(=O)NCCc3ncc4ccccn34)cc2o1. The minimum absolute atomic E-state index is 0.0377. The number of fused-ring (bicyclic) bond motifs is 2. The van der Waals surface area contributed by atoms with Crippen molar-refractivity contribution in [3.05, 3.63) is 65.2 Å². The van der Waals surface area contributed by atoms with Crippen molar-refractivity contribution in [1.82, 2.24) is 19.1 Å². The number of aromatic amines is 1. The summed E-state index contributed by atoms with van der Waals surface area (Å²) in [5.74, 6) is 0.147. The lowest BCUT2D eigenvalue weighted by molar-refractivity contribution is 0.553. The third kappa shape index (κ3) is 2.94. The molecule has 0 unspecified atom stereocenters. The van der Waals surface area contributed by atoms with Gasteiger partial charge in [0, 0.05) is 25.2 Å². The Kier molecular flexibility index (Phi) is 3.66. The fourth-order valence-electron chi connectivity index (χ4n) is 2.66. The van der Waals surface area contributed by atoms with Crippen molar-refractivity contribution < 1.29 is 12.8 Å². The van der Waals surface area contributed by atoms with Crippen LogP contribution in [0.25, 0.3) is 16.6 Å². The molecule has 8 nitrogen and oxygen atoms in total. The normalized spacial score (nSPS) is 12.2. The van der Waals surface area contributed by atoms with E-state index >= 15 is 0 Å². The van der Waals surface area contributed by atoms with Crippen LogP contribution in [0, 0.1) is 0 Å². The van der Waals surface area contributed by atoms with Crippen LogP contribution in [-0.2, 0) is 16.4 Å². The quantitative estimate of drug-likeness (QED) is 0.559. The second kappa shape index (κ2) is 5.87. The molecule has 9 heteroatoms. The van der Waals surface area contributed by atoms with Crippen LogP contribution >= 0.6 is 0 Å². The Bertz CT molecular complexity index is 1220. The predicted octanol–water partition coefficient (Wildman–Crippen LogP) is 1.29. The lowest BCUT2D eigenvalue weighted by Gasteiger charge is -2.06. The van der Waals surface area contributed by atoms with Gasteiger partial charge in [0.15, 0.2) is 5.58 Å². The summed E-state index contributed by atoms with van der Waals surface area (Å²) in [4.78, 5) is 18.0. The average molecular weight is 358 g/mol. The van der Waals surface area contributed by atoms with Gasteiger partial charge in [0.1, 0.15) is 5.82 Å². The summed E-state index contributed by atoms with van der Waals surface area (Å²) in [5, 5.41) is 0. The highest BCUT2D eigenvalue weighted by molar-refractivity contribution is 7.89. The van der Waals surface area contributed by atoms with Crippen molar-refractivity contribution in [1.29, 1.82) is 0 Å². The van der Waals surface area contributed by atoms with Gasteiger partial charge >= 0.3 is 5.76 Å². The highest BCUT2D eigenvalue weighted by Gasteiger charge is 2.16. The summed E-state index contributed by atoms with van der Waals surface area (Å²) in [5.41, 5.74) is 1.60. The zero-order valence-electron chi connectivity index (χ0n) is 13.0. The maximum Gasteiger partial charge on any atom is 0.417 e. The number of benzene rings is 1. The van der Waals surface area contributed by atoms with Gasteiger partial charge in [-0.25, -0.2) is 22.9 Å². The van der Waals surface area contributed by atoms with E-state index in [9.17, 15) is 13.2 Å². The lowest BCUT2D eigenvalue weighted by Crippen LogP contribution is -2.26. The Hall–Kier alpha value is -2.91. The first-order valence-electron chi connectivity index (χ1n) is 7.56. The molecule has 0 atom stereocenters. The van der Waals surface area contributed by atoms with Crippen LogP contribution in [0.5, 0.6) is 0 Å². The Balaban J connectivity index is 1.51. The number of oxazole rings is 1. The monoisotopic (exact) mass is 358 g/mol. The second-order valence-electron chi connectivity index (χ2n) is 5.49. The number of hydrogen-bond donors (Lipinski definition) is 2. The number of nitrogens with zero attached hydrogens (tertiary/aromatic N) is 2. The summed E-state index contributed by atoms with van der Waals surface area (Å²) in [6.07, 6.45) is 4.07. The number of rotatable bonds is 5. The minimum Gasteiger partial charge on any atom is -0.408 e. The van der Waals surface area contributed by atoms with Gasteiger partial charge in [0.05, 0.1) is 22.1 Å². The fourth-order valence-corrected chi connectivity index (χ4v) is 3.70. The Morgan fingerprint density at radius 3 is 3.00 bits per heavy atom. The largest absolute Gasteiger partial charge is 0.417 e. The van der Waals surface area contributed by atoms with E-state index in [0.29, 0.717) is 11.9 Å². The van der Waals surface area contributed by atoms with Gasteiger partial charge in [-0.05, 0) is 24.3 Å². The molecule has 128 valence electrons. The third-order valence-electron chi connectivity index (χ3n) is 3.86. The Morgan fingerprint density at radius 2 is 2.12 bits per heavy atom. The van der Waals surface area contributed by atoms with Gasteiger partial charge in [-0.2, -0.15) is 0 Å². The molecule has 0 aliphatic rings. The van der Waals surface area contributed by atoms with E-state index in [2.05, 4.69) is 14.7 Å². The van der Waals surface area contributed by atoms with Gasteiger partial charge in [-0.15, -0.1) is 0 Å². The van der Waals surface area contributed by atoms with Gasteiger partial charge in [-0.1, -0.05) is 6.07 Å². The molecule has 0 amide bonds. The topological polar surface area (TPSA) is 109 Å². The van der Waals surface area contributed by atoms with Crippen LogP contribution in [0.3, 0.4) is 0 Å². The van der Waals surface area contributed by atoms with E-state index in [1.807, 2.05) is 28.8 Å². The molecule has 2 N–H and O–H groups in total. The van der Waals surface area contributed by atoms with Gasteiger partial charge in [-0.3, -0.25) is 4.98 Å². The van der Waals surface area contributed by atoms with Gasteiger partial charge in [0.2, 0.25) is 10.0 Å². The molecule has 0 radical (unpaired) electrons. The van der Waals surface area contributed by atoms with Crippen molar-refractivity contribution >= 4 is 26.6 Å². The second-order valence-corrected chi connectivity index (χ2v) is 7.26. The van der Waals surface area contributed by atoms with E-state index in [1.165, 1.54) is 18.2 Å². The number of hydrogen-bond acceptors (Lipinski definition) is 5. The zero-order valence-corrected chi connectivity index (χ0v) is 13.8. The number of nitrogens with one attached hydrogen (secondary N) is 2. The smallest absolute Gasteiger partial charge is 0.408 e. The molecule has 0 bridgehead atoms. The molecule has 25 heavy (non-hydrogen) atoms. The van der Waals surface area contributed by atoms with Crippen LogP contribution in [0.1, 0.15) is 5.82 Å². The minimum atomic E-state index is -3.71. The lowest BCUT2D eigenvalue weighted by atomic mass is 10.3. The van der Waals surface area contributed by atoms with Crippen LogP contribution in [-0.4, -0.2) is 29.3 Å². The molecular weight excluding hydrogens is 344 g/mol.